The molecule has 0 spiro atoms. The number of nitrogens with zero attached hydrogens (tertiary/aromatic N) is 3. The van der Waals surface area contributed by atoms with E-state index in [1.54, 1.807) is 69.3 Å². The zero-order valence-corrected chi connectivity index (χ0v) is 27.8. The Bertz CT molecular complexity index is 1700. The molecule has 250 valence electrons. The third-order valence-electron chi connectivity index (χ3n) is 7.73. The predicted molar refractivity (Wildman–Crippen MR) is 173 cm³/mol. The minimum absolute atomic E-state index is 0.0473. The van der Waals surface area contributed by atoms with E-state index < -0.39 is 33.7 Å². The quantitative estimate of drug-likeness (QED) is 0.269. The first kappa shape index (κ1) is 35.2. The van der Waals surface area contributed by atoms with E-state index >= 15 is 0 Å². The van der Waals surface area contributed by atoms with Crippen molar-refractivity contribution >= 4 is 33.9 Å². The number of hydrogen-bond acceptors (Lipinski definition) is 10. The van der Waals surface area contributed by atoms with Gasteiger partial charge < -0.3 is 14.4 Å². The number of hydrogen-bond donors (Lipinski definition) is 1. The largest absolute Gasteiger partial charge is 0.466 e. The van der Waals surface area contributed by atoms with Crippen LogP contribution in [0.3, 0.4) is 0 Å². The van der Waals surface area contributed by atoms with Gasteiger partial charge in [-0.3, -0.25) is 19.9 Å². The van der Waals surface area contributed by atoms with Gasteiger partial charge in [-0.25, -0.2) is 18.0 Å². The second-order valence-electron chi connectivity index (χ2n) is 11.6. The zero-order chi connectivity index (χ0) is 34.2. The second-order valence-corrected chi connectivity index (χ2v) is 13.3. The van der Waals surface area contributed by atoms with Crippen LogP contribution in [0.1, 0.15) is 62.4 Å². The number of methoxy groups -OCH3 is 1. The summed E-state index contributed by atoms with van der Waals surface area (Å²) < 4.78 is 38.3. The molecular formula is C34H40N4O8S. The average Bonchev–Trinajstić information content (AvgIpc) is 3.51. The Labute approximate surface area is 275 Å². The van der Waals surface area contributed by atoms with E-state index in [0.717, 1.165) is 5.56 Å². The SMILES string of the molecule is CCCC(=O)N(C(=O)OCC(C)C)S(=O)(=O)c1ccccc1-c1ccc(CNC2(C(=O)OC)CCCN2C(=O)c2ccncc2)cc1. The Hall–Kier alpha value is -4.62. The highest BCUT2D eigenvalue weighted by atomic mass is 32.2. The van der Waals surface area contributed by atoms with Crippen molar-refractivity contribution < 1.29 is 37.1 Å². The Morgan fingerprint density at radius 2 is 1.70 bits per heavy atom. The lowest BCUT2D eigenvalue weighted by molar-refractivity contribution is -0.154. The number of imide groups is 1. The van der Waals surface area contributed by atoms with Crippen LogP contribution in [0.15, 0.2) is 78.0 Å². The monoisotopic (exact) mass is 664 g/mol. The summed E-state index contributed by atoms with van der Waals surface area (Å²) in [6.45, 7) is 5.81. The van der Waals surface area contributed by atoms with Gasteiger partial charge in [0, 0.05) is 43.0 Å². The number of amides is 3. The number of nitrogens with one attached hydrogen (secondary N) is 1. The van der Waals surface area contributed by atoms with Crippen molar-refractivity contribution in [1.82, 2.24) is 19.5 Å². The molecule has 2 aromatic carbocycles. The summed E-state index contributed by atoms with van der Waals surface area (Å²) in [6.07, 6.45) is 2.92. The summed E-state index contributed by atoms with van der Waals surface area (Å²) in [5, 5.41) is 3.25. The molecule has 3 amide bonds. The van der Waals surface area contributed by atoms with Gasteiger partial charge in [0.1, 0.15) is 0 Å². The number of carbonyl (C=O) groups excluding carboxylic acids is 4. The van der Waals surface area contributed by atoms with Gasteiger partial charge >= 0.3 is 12.1 Å². The molecule has 1 saturated heterocycles. The van der Waals surface area contributed by atoms with Gasteiger partial charge in [0.2, 0.25) is 5.91 Å². The van der Waals surface area contributed by atoms with E-state index in [0.29, 0.717) is 36.9 Å². The molecule has 2 heterocycles. The smallest absolute Gasteiger partial charge is 0.431 e. The Morgan fingerprint density at radius 1 is 1.02 bits per heavy atom. The molecule has 1 unspecified atom stereocenters. The van der Waals surface area contributed by atoms with Crippen LogP contribution in [0.5, 0.6) is 0 Å². The molecule has 1 aliphatic heterocycles. The first-order valence-corrected chi connectivity index (χ1v) is 16.9. The molecule has 0 radical (unpaired) electrons. The number of likely N-dealkylation sites (tertiary alicyclic amines) is 1. The summed E-state index contributed by atoms with van der Waals surface area (Å²) >= 11 is 0. The van der Waals surface area contributed by atoms with E-state index in [-0.39, 0.29) is 46.2 Å². The number of benzene rings is 2. The highest BCUT2D eigenvalue weighted by Gasteiger charge is 2.50. The normalized spacial score (nSPS) is 16.1. The summed E-state index contributed by atoms with van der Waals surface area (Å²) in [7, 11) is -3.36. The van der Waals surface area contributed by atoms with E-state index in [9.17, 15) is 27.6 Å². The van der Waals surface area contributed by atoms with Gasteiger partial charge in [0.15, 0.2) is 5.66 Å². The first-order chi connectivity index (χ1) is 22.5. The molecule has 12 nitrogen and oxygen atoms in total. The van der Waals surface area contributed by atoms with Gasteiger partial charge in [-0.1, -0.05) is 63.2 Å². The van der Waals surface area contributed by atoms with Gasteiger partial charge in [-0.2, -0.15) is 0 Å². The number of carbonyl (C=O) groups is 4. The second kappa shape index (κ2) is 15.3. The molecule has 13 heteroatoms. The molecule has 1 N–H and O–H groups in total. The molecule has 1 aromatic heterocycles. The maximum absolute atomic E-state index is 13.9. The summed E-state index contributed by atoms with van der Waals surface area (Å²) in [4.78, 5) is 57.6. The van der Waals surface area contributed by atoms with Gasteiger partial charge in [0.25, 0.3) is 15.9 Å². The highest BCUT2D eigenvalue weighted by molar-refractivity contribution is 7.90. The summed E-state index contributed by atoms with van der Waals surface area (Å²) in [6, 6.07) is 16.2. The van der Waals surface area contributed by atoms with Crippen molar-refractivity contribution in [3.8, 4) is 11.1 Å². The lowest BCUT2D eigenvalue weighted by Crippen LogP contribution is -2.62. The molecule has 47 heavy (non-hydrogen) atoms. The predicted octanol–water partition coefficient (Wildman–Crippen LogP) is 4.75. The van der Waals surface area contributed by atoms with E-state index in [2.05, 4.69) is 10.3 Å². The van der Waals surface area contributed by atoms with Crippen LogP contribution in [0.4, 0.5) is 4.79 Å². The minimum atomic E-state index is -4.63. The number of esters is 1. The van der Waals surface area contributed by atoms with Crippen LogP contribution in [-0.4, -0.2) is 72.4 Å². The standard InChI is InChI=1S/C34H40N4O8S/c1-5-9-30(39)38(33(42)46-23-24(2)3)47(43,44)29-11-7-6-10-28(29)26-14-12-25(13-15-26)22-36-34(32(41)45-4)18-8-21-37(34)31(40)27-16-19-35-20-17-27/h6-7,10-17,19-20,24,36H,5,8-9,18,21-23H2,1-4H3. The fourth-order valence-electron chi connectivity index (χ4n) is 5.41. The van der Waals surface area contributed by atoms with Crippen molar-refractivity contribution in [1.29, 1.82) is 0 Å². The number of ether oxygens (including phenoxy) is 2. The third-order valence-corrected chi connectivity index (χ3v) is 9.47. The van der Waals surface area contributed by atoms with Gasteiger partial charge in [0.05, 0.1) is 18.6 Å². The van der Waals surface area contributed by atoms with E-state index in [4.69, 9.17) is 9.47 Å². The van der Waals surface area contributed by atoms with Crippen LogP contribution in [0, 0.1) is 5.92 Å². The number of aromatic nitrogens is 1. The van der Waals surface area contributed by atoms with Crippen molar-refractivity contribution in [2.45, 2.75) is 63.6 Å². The van der Waals surface area contributed by atoms with Crippen molar-refractivity contribution in [2.24, 2.45) is 5.92 Å². The van der Waals surface area contributed by atoms with Gasteiger partial charge in [-0.05, 0) is 54.5 Å². The van der Waals surface area contributed by atoms with Crippen LogP contribution >= 0.6 is 0 Å². The lowest BCUT2D eigenvalue weighted by Gasteiger charge is -2.36. The average molecular weight is 665 g/mol. The number of rotatable bonds is 12. The number of pyridine rings is 1. The first-order valence-electron chi connectivity index (χ1n) is 15.4. The maximum atomic E-state index is 13.9. The molecule has 0 saturated carbocycles. The summed E-state index contributed by atoms with van der Waals surface area (Å²) in [5.74, 6) is -1.84. The Balaban J connectivity index is 1.60. The zero-order valence-electron chi connectivity index (χ0n) is 27.0. The Morgan fingerprint density at radius 3 is 2.34 bits per heavy atom. The van der Waals surface area contributed by atoms with Crippen LogP contribution in [0.2, 0.25) is 0 Å². The fourth-order valence-corrected chi connectivity index (χ4v) is 6.93. The van der Waals surface area contributed by atoms with Crippen molar-refractivity contribution in [2.75, 3.05) is 20.3 Å². The third kappa shape index (κ3) is 7.68. The molecule has 4 rings (SSSR count). The van der Waals surface area contributed by atoms with Gasteiger partial charge in [-0.15, -0.1) is 4.31 Å². The molecule has 1 atom stereocenters. The van der Waals surface area contributed by atoms with Crippen LogP contribution < -0.4 is 5.32 Å². The molecular weight excluding hydrogens is 624 g/mol. The molecule has 1 aliphatic rings. The fraction of sp³-hybridized carbons (Fsp3) is 0.382. The van der Waals surface area contributed by atoms with Crippen molar-refractivity contribution in [3.63, 3.8) is 0 Å². The summed E-state index contributed by atoms with van der Waals surface area (Å²) in [5.41, 5.74) is 0.571. The maximum Gasteiger partial charge on any atom is 0.431 e. The molecule has 0 bridgehead atoms. The highest BCUT2D eigenvalue weighted by Crippen LogP contribution is 2.33. The Kier molecular flexibility index (Phi) is 11.5. The van der Waals surface area contributed by atoms with E-state index in [1.165, 1.54) is 36.5 Å². The van der Waals surface area contributed by atoms with Crippen LogP contribution in [0.25, 0.3) is 11.1 Å². The lowest BCUT2D eigenvalue weighted by atomic mass is 10.0. The molecule has 1 fully saturated rings. The molecule has 0 aliphatic carbocycles. The topological polar surface area (TPSA) is 152 Å². The minimum Gasteiger partial charge on any atom is -0.466 e. The molecule has 3 aromatic rings. The van der Waals surface area contributed by atoms with E-state index in [1.807, 2.05) is 0 Å². The van der Waals surface area contributed by atoms with Crippen molar-refractivity contribution in [3.05, 3.63) is 84.2 Å². The van der Waals surface area contributed by atoms with Crippen LogP contribution in [-0.2, 0) is 35.6 Å². The number of sulfonamides is 1.